The number of hydrogen-bond acceptors (Lipinski definition) is 7. The molecule has 0 radical (unpaired) electrons. The fourth-order valence-corrected chi connectivity index (χ4v) is 6.00. The van der Waals surface area contributed by atoms with E-state index in [-0.39, 0.29) is 17.8 Å². The van der Waals surface area contributed by atoms with E-state index >= 15 is 0 Å². The van der Waals surface area contributed by atoms with Gasteiger partial charge in [-0.1, -0.05) is 30.3 Å². The number of aliphatic hydroxyl groups is 1. The minimum absolute atomic E-state index is 0.104. The van der Waals surface area contributed by atoms with Gasteiger partial charge in [0.15, 0.2) is 0 Å². The summed E-state index contributed by atoms with van der Waals surface area (Å²) in [7, 11) is 1.39. The Morgan fingerprint density at radius 3 is 2.44 bits per heavy atom. The Labute approximate surface area is 232 Å². The summed E-state index contributed by atoms with van der Waals surface area (Å²) in [4.78, 5) is 11.6. The second kappa shape index (κ2) is 10.4. The highest BCUT2D eigenvalue weighted by molar-refractivity contribution is 7.15. The molecule has 0 saturated carbocycles. The van der Waals surface area contributed by atoms with Gasteiger partial charge in [0.2, 0.25) is 0 Å². The van der Waals surface area contributed by atoms with Crippen LogP contribution in [-0.2, 0) is 18.3 Å². The Morgan fingerprint density at radius 1 is 1.13 bits per heavy atom. The minimum Gasteiger partial charge on any atom is -0.494 e. The molecule has 0 unspecified atom stereocenters. The monoisotopic (exact) mass is 574 g/mol. The number of aromatic nitrogens is 2. The molecule has 2 aromatic heterocycles. The number of nitrogens with two attached hydrogens (primary N) is 1. The molecule has 1 fully saturated rings. The summed E-state index contributed by atoms with van der Waals surface area (Å²) in [6, 6.07) is 12.9. The number of halogens is 4. The van der Waals surface area contributed by atoms with E-state index in [1.807, 2.05) is 12.1 Å². The summed E-state index contributed by atoms with van der Waals surface area (Å²) in [6.07, 6.45) is -3.58. The van der Waals surface area contributed by atoms with Crippen LogP contribution >= 0.6 is 22.9 Å². The molecule has 6 nitrogen and oxygen atoms in total. The molecule has 0 spiro atoms. The topological polar surface area (TPSA) is 84.5 Å². The van der Waals surface area contributed by atoms with Crippen molar-refractivity contribution in [1.82, 2.24) is 14.9 Å². The maximum absolute atomic E-state index is 13.3. The number of pyridine rings is 1. The quantitative estimate of drug-likeness (QED) is 0.275. The van der Waals surface area contributed by atoms with Gasteiger partial charge in [0.1, 0.15) is 27.7 Å². The van der Waals surface area contributed by atoms with Crippen molar-refractivity contribution < 1.29 is 23.0 Å². The van der Waals surface area contributed by atoms with Crippen LogP contribution < -0.4 is 10.5 Å². The molecule has 39 heavy (non-hydrogen) atoms. The summed E-state index contributed by atoms with van der Waals surface area (Å²) in [5.74, 6) is 0.238. The molecule has 3 N–H and O–H groups in total. The van der Waals surface area contributed by atoms with Gasteiger partial charge in [0.05, 0.1) is 18.4 Å². The van der Waals surface area contributed by atoms with E-state index in [9.17, 15) is 18.3 Å². The first-order valence-corrected chi connectivity index (χ1v) is 13.4. The molecular weight excluding hydrogens is 549 g/mol. The van der Waals surface area contributed by atoms with Gasteiger partial charge in [-0.25, -0.2) is 9.97 Å². The van der Waals surface area contributed by atoms with Crippen LogP contribution in [0.3, 0.4) is 0 Å². The summed E-state index contributed by atoms with van der Waals surface area (Å²) in [6.45, 7) is 5.62. The van der Waals surface area contributed by atoms with Gasteiger partial charge in [-0.15, -0.1) is 11.3 Å². The number of thiazole rings is 1. The van der Waals surface area contributed by atoms with Gasteiger partial charge in [0, 0.05) is 40.5 Å². The van der Waals surface area contributed by atoms with Gasteiger partial charge in [-0.3, -0.25) is 0 Å². The zero-order valence-corrected chi connectivity index (χ0v) is 22.6. The molecule has 3 heterocycles. The molecule has 1 saturated heterocycles. The van der Waals surface area contributed by atoms with Crippen LogP contribution in [0.5, 0.6) is 5.75 Å². The van der Waals surface area contributed by atoms with Crippen molar-refractivity contribution in [3.8, 4) is 16.3 Å². The lowest BCUT2D eigenvalue weighted by Gasteiger charge is -2.40. The number of methoxy groups -OCH3 is 1. The molecule has 1 aliphatic heterocycles. The molecule has 1 aliphatic rings. The predicted octanol–water partition coefficient (Wildman–Crippen LogP) is 6.45. The molecule has 0 bridgehead atoms. The zero-order valence-electron chi connectivity index (χ0n) is 21.1. The maximum Gasteiger partial charge on any atom is 0.433 e. The Balaban J connectivity index is 1.44. The Hall–Kier alpha value is -3.18. The summed E-state index contributed by atoms with van der Waals surface area (Å²) < 4.78 is 45.3. The van der Waals surface area contributed by atoms with Crippen LogP contribution in [0.25, 0.3) is 27.2 Å². The number of alkyl halides is 3. The molecule has 0 aliphatic carbocycles. The number of nitrogens with zero attached hydrogens (tertiary/aromatic N) is 3. The van der Waals surface area contributed by atoms with Crippen LogP contribution in [0.1, 0.15) is 34.7 Å². The second-order valence-electron chi connectivity index (χ2n) is 9.37. The Bertz CT molecular complexity index is 1530. The van der Waals surface area contributed by atoms with Crippen LogP contribution in [0, 0.1) is 0 Å². The number of hydrogen-bond donors (Lipinski definition) is 2. The molecule has 204 valence electrons. The molecule has 0 atom stereocenters. The first-order chi connectivity index (χ1) is 18.5. The highest BCUT2D eigenvalue weighted by Crippen LogP contribution is 2.41. The minimum atomic E-state index is -4.58. The summed E-state index contributed by atoms with van der Waals surface area (Å²) >= 11 is 7.37. The number of piperidine rings is 1. The first kappa shape index (κ1) is 27.4. The standard InChI is InChI=1S/C28H26ClF3N4O2S/c1-16(36-13-11-27(37,12-14-36)17-3-5-18(29)6-4-17)24-22(15-33)39-26(35-24)20-7-9-21(38-2)25-19(20)8-10-23(34-25)28(30,31)32/h3-10,37H,1,11-15,33H2,2H3. The molecule has 5 rings (SSSR count). The van der Waals surface area contributed by atoms with Crippen molar-refractivity contribution in [2.75, 3.05) is 20.2 Å². The van der Waals surface area contributed by atoms with Gasteiger partial charge in [0.25, 0.3) is 0 Å². The lowest BCUT2D eigenvalue weighted by molar-refractivity contribution is -0.140. The Morgan fingerprint density at radius 2 is 1.82 bits per heavy atom. The maximum atomic E-state index is 13.3. The van der Waals surface area contributed by atoms with Crippen LogP contribution in [0.4, 0.5) is 13.2 Å². The molecule has 0 amide bonds. The number of likely N-dealkylation sites (tertiary alicyclic amines) is 1. The van der Waals surface area contributed by atoms with E-state index in [1.165, 1.54) is 24.5 Å². The number of ether oxygens (including phenoxy) is 1. The smallest absolute Gasteiger partial charge is 0.433 e. The van der Waals surface area contributed by atoms with Gasteiger partial charge in [-0.2, -0.15) is 13.2 Å². The van der Waals surface area contributed by atoms with Crippen molar-refractivity contribution in [3.63, 3.8) is 0 Å². The van der Waals surface area contributed by atoms with E-state index in [4.69, 9.17) is 27.1 Å². The van der Waals surface area contributed by atoms with Gasteiger partial charge < -0.3 is 20.5 Å². The van der Waals surface area contributed by atoms with Gasteiger partial charge in [-0.05, 0) is 54.8 Å². The molecule has 4 aromatic rings. The third kappa shape index (κ3) is 5.21. The predicted molar refractivity (Wildman–Crippen MR) is 147 cm³/mol. The van der Waals surface area contributed by atoms with Gasteiger partial charge >= 0.3 is 6.18 Å². The SMILES string of the molecule is C=C(c1nc(-c2ccc(OC)c3nc(C(F)(F)F)ccc23)sc1CN)N1CCC(O)(c2ccc(Cl)cc2)CC1. The number of fused-ring (bicyclic) bond motifs is 1. The fraction of sp³-hybridized carbons (Fsp3) is 0.286. The molecular formula is C28H26ClF3N4O2S. The average Bonchev–Trinajstić information content (AvgIpc) is 3.36. The van der Waals surface area contributed by atoms with Crippen molar-refractivity contribution in [3.05, 3.63) is 82.0 Å². The second-order valence-corrected chi connectivity index (χ2v) is 10.9. The third-order valence-corrected chi connectivity index (χ3v) is 8.43. The van der Waals surface area contributed by atoms with E-state index in [0.717, 1.165) is 16.5 Å². The normalized spacial score (nSPS) is 15.5. The first-order valence-electron chi connectivity index (χ1n) is 12.2. The van der Waals surface area contributed by atoms with E-state index < -0.39 is 17.5 Å². The van der Waals surface area contributed by atoms with Crippen molar-refractivity contribution in [1.29, 1.82) is 0 Å². The average molecular weight is 575 g/mol. The molecule has 2 aromatic carbocycles. The third-order valence-electron chi connectivity index (χ3n) is 7.07. The lowest BCUT2D eigenvalue weighted by Crippen LogP contribution is -2.41. The van der Waals surface area contributed by atoms with Crippen LogP contribution in [-0.4, -0.2) is 40.2 Å². The van der Waals surface area contributed by atoms with Crippen LogP contribution in [0.2, 0.25) is 5.02 Å². The number of benzene rings is 2. The van der Waals surface area contributed by atoms with Crippen molar-refractivity contribution in [2.24, 2.45) is 5.73 Å². The highest BCUT2D eigenvalue weighted by atomic mass is 35.5. The summed E-state index contributed by atoms with van der Waals surface area (Å²) in [5.41, 5.74) is 6.99. The number of rotatable bonds is 6. The molecule has 11 heteroatoms. The largest absolute Gasteiger partial charge is 0.494 e. The lowest BCUT2D eigenvalue weighted by atomic mass is 9.84. The van der Waals surface area contributed by atoms with E-state index in [0.29, 0.717) is 58.3 Å². The van der Waals surface area contributed by atoms with Crippen molar-refractivity contribution >= 4 is 39.5 Å². The van der Waals surface area contributed by atoms with Crippen LogP contribution in [0.15, 0.2) is 55.1 Å². The van der Waals surface area contributed by atoms with E-state index in [1.54, 1.807) is 24.3 Å². The Kier molecular flexibility index (Phi) is 7.32. The van der Waals surface area contributed by atoms with E-state index in [2.05, 4.69) is 16.5 Å². The zero-order chi connectivity index (χ0) is 27.9. The fourth-order valence-electron chi connectivity index (χ4n) is 4.88. The summed E-state index contributed by atoms with van der Waals surface area (Å²) in [5, 5.41) is 12.9. The van der Waals surface area contributed by atoms with Crippen molar-refractivity contribution in [2.45, 2.75) is 31.2 Å². The highest BCUT2D eigenvalue weighted by Gasteiger charge is 2.35.